The van der Waals surface area contributed by atoms with Gasteiger partial charge < -0.3 is 19.5 Å². The molecule has 1 aromatic carbocycles. The second-order valence-corrected chi connectivity index (χ2v) is 10.8. The molecule has 1 saturated carbocycles. The van der Waals surface area contributed by atoms with Crippen LogP contribution >= 0.6 is 0 Å². The number of piperidine rings is 1. The van der Waals surface area contributed by atoms with Crippen molar-refractivity contribution in [1.29, 1.82) is 0 Å². The van der Waals surface area contributed by atoms with E-state index in [9.17, 15) is 18.0 Å². The summed E-state index contributed by atoms with van der Waals surface area (Å²) in [6.07, 6.45) is 4.85. The fourth-order valence-electron chi connectivity index (χ4n) is 6.87. The average Bonchev–Trinajstić information content (AvgIpc) is 3.38. The van der Waals surface area contributed by atoms with Crippen molar-refractivity contribution in [3.8, 4) is 5.75 Å². The van der Waals surface area contributed by atoms with Crippen LogP contribution in [0.5, 0.6) is 5.75 Å². The maximum atomic E-state index is 13.5. The Kier molecular flexibility index (Phi) is 6.82. The lowest BCUT2D eigenvalue weighted by Gasteiger charge is -2.37. The van der Waals surface area contributed by atoms with E-state index in [2.05, 4.69) is 38.4 Å². The van der Waals surface area contributed by atoms with Gasteiger partial charge in [0.15, 0.2) is 0 Å². The molecule has 2 aliphatic rings. The first-order valence-corrected chi connectivity index (χ1v) is 13.4. The molecule has 5 rings (SSSR count). The van der Waals surface area contributed by atoms with Crippen LogP contribution in [0.15, 0.2) is 42.7 Å². The van der Waals surface area contributed by atoms with Crippen LogP contribution in [0.2, 0.25) is 0 Å². The number of anilines is 1. The molecule has 1 unspecified atom stereocenters. The van der Waals surface area contributed by atoms with E-state index in [1.54, 1.807) is 18.3 Å². The van der Waals surface area contributed by atoms with Gasteiger partial charge in [0.2, 0.25) is 0 Å². The first-order valence-electron chi connectivity index (χ1n) is 13.4. The van der Waals surface area contributed by atoms with Crippen molar-refractivity contribution in [2.75, 3.05) is 24.5 Å². The number of ether oxygens (including phenoxy) is 1. The smallest absolute Gasteiger partial charge is 0.406 e. The topological polar surface area (TPSA) is 59.4 Å². The van der Waals surface area contributed by atoms with Crippen LogP contribution in [-0.2, 0) is 13.5 Å². The minimum absolute atomic E-state index is 0.0187. The van der Waals surface area contributed by atoms with Crippen LogP contribution in [0.4, 0.5) is 18.9 Å². The molecule has 3 heterocycles. The van der Waals surface area contributed by atoms with Gasteiger partial charge in [0.25, 0.3) is 5.91 Å². The van der Waals surface area contributed by atoms with Crippen molar-refractivity contribution in [3.05, 3.63) is 54.0 Å². The van der Waals surface area contributed by atoms with Gasteiger partial charge in [0.05, 0.1) is 17.3 Å². The van der Waals surface area contributed by atoms with Crippen LogP contribution in [0, 0.1) is 10.8 Å². The van der Waals surface area contributed by atoms with Gasteiger partial charge in [0.1, 0.15) is 5.75 Å². The maximum absolute atomic E-state index is 13.5. The highest BCUT2D eigenvalue weighted by Crippen LogP contribution is 2.71. The number of aryl methyl sites for hydroxylation is 1. The number of alkyl halides is 3. The summed E-state index contributed by atoms with van der Waals surface area (Å²) in [5, 5.41) is 4.25. The number of halogens is 3. The lowest BCUT2D eigenvalue weighted by atomic mass is 9.81. The summed E-state index contributed by atoms with van der Waals surface area (Å²) in [5.41, 5.74) is 3.92. The first-order chi connectivity index (χ1) is 18.1. The Morgan fingerprint density at radius 2 is 1.84 bits per heavy atom. The van der Waals surface area contributed by atoms with Crippen molar-refractivity contribution in [3.63, 3.8) is 0 Å². The highest BCUT2D eigenvalue weighted by atomic mass is 19.4. The van der Waals surface area contributed by atoms with Crippen molar-refractivity contribution in [2.45, 2.75) is 58.7 Å². The number of carbonyl (C=O) groups excluding carboxylic acids is 1. The fraction of sp³-hybridized carbons (Fsp3) is 0.517. The highest BCUT2D eigenvalue weighted by molar-refractivity contribution is 6.08. The highest BCUT2D eigenvalue weighted by Gasteiger charge is 2.66. The average molecular weight is 529 g/mol. The number of nitrogens with one attached hydrogen (secondary N) is 1. The van der Waals surface area contributed by atoms with Crippen molar-refractivity contribution >= 4 is 22.5 Å². The largest absolute Gasteiger partial charge is 0.573 e. The molecule has 1 aliphatic heterocycles. The molecule has 1 spiro atoms. The minimum atomic E-state index is -4.69. The van der Waals surface area contributed by atoms with Gasteiger partial charge >= 0.3 is 6.36 Å². The number of hydrogen-bond donors (Lipinski definition) is 1. The summed E-state index contributed by atoms with van der Waals surface area (Å²) in [4.78, 5) is 20.0. The predicted octanol–water partition coefficient (Wildman–Crippen LogP) is 6.24. The van der Waals surface area contributed by atoms with E-state index in [0.717, 1.165) is 79.5 Å². The number of nitrogens with zero attached hydrogens (tertiary/aromatic N) is 3. The zero-order valence-corrected chi connectivity index (χ0v) is 22.2. The molecule has 1 aliphatic carbocycles. The second-order valence-electron chi connectivity index (χ2n) is 10.8. The Labute approximate surface area is 221 Å². The van der Waals surface area contributed by atoms with Crippen molar-refractivity contribution in [1.82, 2.24) is 14.9 Å². The van der Waals surface area contributed by atoms with Gasteiger partial charge in [-0.1, -0.05) is 20.3 Å². The molecule has 6 nitrogen and oxygen atoms in total. The third kappa shape index (κ3) is 4.71. The Balaban J connectivity index is 1.25. The summed E-state index contributed by atoms with van der Waals surface area (Å²) in [6.45, 7) is 6.61. The van der Waals surface area contributed by atoms with Crippen molar-refractivity contribution in [2.24, 2.45) is 17.9 Å². The molecular formula is C29H35F3N4O2. The number of pyridine rings is 1. The predicted molar refractivity (Wildman–Crippen MR) is 141 cm³/mol. The normalized spacial score (nSPS) is 20.6. The van der Waals surface area contributed by atoms with Crippen LogP contribution in [0.3, 0.4) is 0 Å². The number of benzene rings is 1. The van der Waals surface area contributed by atoms with E-state index < -0.39 is 6.36 Å². The SMILES string of the molecule is CCCC1(CNC(=O)c2c(CC)n(C)c3cnccc23)CC12CCN(c1ccc(OC(F)(F)F)cc1)CC2. The van der Waals surface area contributed by atoms with E-state index >= 15 is 0 Å². The van der Waals surface area contributed by atoms with E-state index in [1.807, 2.05) is 19.3 Å². The number of amides is 1. The summed E-state index contributed by atoms with van der Waals surface area (Å²) >= 11 is 0. The zero-order valence-electron chi connectivity index (χ0n) is 22.2. The fourth-order valence-corrected chi connectivity index (χ4v) is 6.87. The second kappa shape index (κ2) is 9.82. The van der Waals surface area contributed by atoms with E-state index in [4.69, 9.17) is 0 Å². The van der Waals surface area contributed by atoms with Gasteiger partial charge in [-0.05, 0) is 73.3 Å². The van der Waals surface area contributed by atoms with Crippen LogP contribution in [0.1, 0.15) is 62.0 Å². The summed E-state index contributed by atoms with van der Waals surface area (Å²) in [6, 6.07) is 8.04. The molecule has 0 radical (unpaired) electrons. The molecule has 38 heavy (non-hydrogen) atoms. The summed E-state index contributed by atoms with van der Waals surface area (Å²) in [5.74, 6) is -0.224. The lowest BCUT2D eigenvalue weighted by molar-refractivity contribution is -0.274. The van der Waals surface area contributed by atoms with Gasteiger partial charge in [-0.3, -0.25) is 9.78 Å². The van der Waals surface area contributed by atoms with Crippen LogP contribution in [0.25, 0.3) is 10.9 Å². The Morgan fingerprint density at radius 1 is 1.13 bits per heavy atom. The van der Waals surface area contributed by atoms with E-state index in [0.29, 0.717) is 6.54 Å². The van der Waals surface area contributed by atoms with E-state index in [-0.39, 0.29) is 22.5 Å². The first kappa shape index (κ1) is 26.4. The van der Waals surface area contributed by atoms with Gasteiger partial charge in [-0.15, -0.1) is 13.2 Å². The Morgan fingerprint density at radius 3 is 2.47 bits per heavy atom. The Bertz CT molecular complexity index is 1310. The molecule has 1 atom stereocenters. The monoisotopic (exact) mass is 528 g/mol. The maximum Gasteiger partial charge on any atom is 0.573 e. The summed E-state index contributed by atoms with van der Waals surface area (Å²) in [7, 11) is 1.98. The molecular weight excluding hydrogens is 493 g/mol. The number of carbonyl (C=O) groups is 1. The van der Waals surface area contributed by atoms with Gasteiger partial charge in [-0.2, -0.15) is 0 Å². The van der Waals surface area contributed by atoms with Gasteiger partial charge in [0, 0.05) is 49.6 Å². The zero-order chi connectivity index (χ0) is 27.1. The standard InChI is InChI=1S/C29H35F3N4O2/c1-4-11-28(19-34-26(37)25-22-10-14-33-17-24(22)35(3)23(25)5-2)18-27(28)12-15-36(16-13-27)20-6-8-21(9-7-20)38-29(30,31)32/h6-10,14,17H,4-5,11-13,15-16,18-19H2,1-3H3,(H,34,37). The molecule has 1 saturated heterocycles. The lowest BCUT2D eigenvalue weighted by Crippen LogP contribution is -2.40. The number of rotatable bonds is 8. The van der Waals surface area contributed by atoms with Crippen LogP contribution in [-0.4, -0.2) is 41.5 Å². The number of hydrogen-bond acceptors (Lipinski definition) is 4. The molecule has 0 bridgehead atoms. The summed E-state index contributed by atoms with van der Waals surface area (Å²) < 4.78 is 43.5. The third-order valence-electron chi connectivity index (χ3n) is 8.83. The molecule has 1 amide bonds. The van der Waals surface area contributed by atoms with Crippen LogP contribution < -0.4 is 15.0 Å². The molecule has 1 N–H and O–H groups in total. The van der Waals surface area contributed by atoms with Crippen molar-refractivity contribution < 1.29 is 22.7 Å². The molecule has 9 heteroatoms. The van der Waals surface area contributed by atoms with Gasteiger partial charge in [-0.25, -0.2) is 0 Å². The third-order valence-corrected chi connectivity index (χ3v) is 8.83. The minimum Gasteiger partial charge on any atom is -0.406 e. The molecule has 2 aromatic heterocycles. The molecule has 3 aromatic rings. The molecule has 2 fully saturated rings. The quantitative estimate of drug-likeness (QED) is 0.376. The van der Waals surface area contributed by atoms with E-state index in [1.165, 1.54) is 12.1 Å². The molecule has 204 valence electrons. The number of aromatic nitrogens is 2. The Hall–Kier alpha value is -3.23. The number of fused-ring (bicyclic) bond motifs is 1.